The Labute approximate surface area is 147 Å². The van der Waals surface area contributed by atoms with Gasteiger partial charge in [0.2, 0.25) is 5.91 Å². The van der Waals surface area contributed by atoms with Crippen LogP contribution in [0.5, 0.6) is 0 Å². The summed E-state index contributed by atoms with van der Waals surface area (Å²) in [5.74, 6) is 0.0671. The number of carbonyl (C=O) groups is 1. The Bertz CT molecular complexity index is 755. The smallest absolute Gasteiger partial charge is 0.227 e. The highest BCUT2D eigenvalue weighted by Crippen LogP contribution is 2.42. The Balaban J connectivity index is 1.36. The van der Waals surface area contributed by atoms with Gasteiger partial charge in [0.15, 0.2) is 0 Å². The molecule has 1 saturated carbocycles. The number of hydrogen-bond donors (Lipinski definition) is 1. The maximum Gasteiger partial charge on any atom is 0.227 e. The fourth-order valence-corrected chi connectivity index (χ4v) is 3.80. The average Bonchev–Trinajstić information content (AvgIpc) is 3.37. The van der Waals surface area contributed by atoms with Gasteiger partial charge in [-0.25, -0.2) is 4.39 Å². The number of rotatable bonds is 6. The SMILES string of the molecule is O=C(NCCN1CCc2ccccc21)C(c1ccc(F)cc1)C1CC1. The largest absolute Gasteiger partial charge is 0.369 e. The van der Waals surface area contributed by atoms with E-state index in [0.29, 0.717) is 12.5 Å². The maximum atomic E-state index is 13.2. The van der Waals surface area contributed by atoms with Gasteiger partial charge in [-0.15, -0.1) is 0 Å². The lowest BCUT2D eigenvalue weighted by Crippen LogP contribution is -2.37. The molecule has 25 heavy (non-hydrogen) atoms. The van der Waals surface area contributed by atoms with E-state index >= 15 is 0 Å². The third kappa shape index (κ3) is 3.53. The first kappa shape index (κ1) is 16.1. The molecule has 0 aromatic heterocycles. The molecule has 1 heterocycles. The van der Waals surface area contributed by atoms with Crippen molar-refractivity contribution in [2.24, 2.45) is 5.92 Å². The Morgan fingerprint density at radius 2 is 1.92 bits per heavy atom. The Kier molecular flexibility index (Phi) is 4.43. The summed E-state index contributed by atoms with van der Waals surface area (Å²) in [5, 5.41) is 3.10. The van der Waals surface area contributed by atoms with Crippen LogP contribution in [0.25, 0.3) is 0 Å². The summed E-state index contributed by atoms with van der Waals surface area (Å²) in [4.78, 5) is 15.0. The molecule has 0 bridgehead atoms. The van der Waals surface area contributed by atoms with Crippen molar-refractivity contribution in [1.82, 2.24) is 5.32 Å². The zero-order valence-electron chi connectivity index (χ0n) is 14.2. The van der Waals surface area contributed by atoms with Gasteiger partial charge >= 0.3 is 0 Å². The summed E-state index contributed by atoms with van der Waals surface area (Å²) in [6.45, 7) is 2.47. The number of amides is 1. The number of hydrogen-bond acceptors (Lipinski definition) is 2. The predicted octanol–water partition coefficient (Wildman–Crippen LogP) is 3.50. The first-order chi connectivity index (χ1) is 12.2. The van der Waals surface area contributed by atoms with Crippen molar-refractivity contribution in [3.05, 3.63) is 65.5 Å². The number of nitrogens with zero attached hydrogens (tertiary/aromatic N) is 1. The molecule has 2 aromatic rings. The molecule has 0 saturated heterocycles. The number of para-hydroxylation sites is 1. The lowest BCUT2D eigenvalue weighted by Gasteiger charge is -2.21. The van der Waals surface area contributed by atoms with Crippen LogP contribution in [-0.2, 0) is 11.2 Å². The Hall–Kier alpha value is -2.36. The molecule has 1 fully saturated rings. The van der Waals surface area contributed by atoms with Gasteiger partial charge < -0.3 is 10.2 Å². The minimum Gasteiger partial charge on any atom is -0.369 e. The normalized spacial score (nSPS) is 17.2. The summed E-state index contributed by atoms with van der Waals surface area (Å²) in [6.07, 6.45) is 3.23. The van der Waals surface area contributed by atoms with Gasteiger partial charge in [-0.3, -0.25) is 4.79 Å². The number of halogens is 1. The molecular weight excluding hydrogens is 315 g/mol. The van der Waals surface area contributed by atoms with Crippen molar-refractivity contribution < 1.29 is 9.18 Å². The first-order valence-corrected chi connectivity index (χ1v) is 9.08. The zero-order valence-corrected chi connectivity index (χ0v) is 14.2. The molecular formula is C21H23FN2O. The lowest BCUT2D eigenvalue weighted by molar-refractivity contribution is -0.122. The second-order valence-electron chi connectivity index (χ2n) is 7.02. The number of nitrogens with one attached hydrogen (secondary N) is 1. The van der Waals surface area contributed by atoms with Crippen LogP contribution in [0.4, 0.5) is 10.1 Å². The van der Waals surface area contributed by atoms with E-state index in [0.717, 1.165) is 37.9 Å². The standard InChI is InChI=1S/C21H23FN2O/c22-18-9-7-17(8-10-18)20(16-5-6-16)21(25)23-12-14-24-13-11-15-3-1-2-4-19(15)24/h1-4,7-10,16,20H,5-6,11-14H2,(H,23,25). The maximum absolute atomic E-state index is 13.2. The Morgan fingerprint density at radius 3 is 2.68 bits per heavy atom. The van der Waals surface area contributed by atoms with Crippen molar-refractivity contribution in [2.75, 3.05) is 24.5 Å². The highest BCUT2D eigenvalue weighted by Gasteiger charge is 2.37. The van der Waals surface area contributed by atoms with Crippen LogP contribution in [-0.4, -0.2) is 25.5 Å². The summed E-state index contributed by atoms with van der Waals surface area (Å²) >= 11 is 0. The van der Waals surface area contributed by atoms with Crippen LogP contribution in [0, 0.1) is 11.7 Å². The molecule has 1 unspecified atom stereocenters. The quantitative estimate of drug-likeness (QED) is 0.874. The van der Waals surface area contributed by atoms with Crippen molar-refractivity contribution in [1.29, 1.82) is 0 Å². The van der Waals surface area contributed by atoms with E-state index in [9.17, 15) is 9.18 Å². The van der Waals surface area contributed by atoms with Crippen LogP contribution in [0.3, 0.4) is 0 Å². The number of fused-ring (bicyclic) bond motifs is 1. The molecule has 0 radical (unpaired) electrons. The van der Waals surface area contributed by atoms with E-state index in [2.05, 4.69) is 34.5 Å². The monoisotopic (exact) mass is 338 g/mol. The highest BCUT2D eigenvalue weighted by molar-refractivity contribution is 5.84. The van der Waals surface area contributed by atoms with E-state index in [4.69, 9.17) is 0 Å². The van der Waals surface area contributed by atoms with E-state index in [1.165, 1.54) is 23.4 Å². The van der Waals surface area contributed by atoms with Gasteiger partial charge in [0.05, 0.1) is 5.92 Å². The second-order valence-corrected chi connectivity index (χ2v) is 7.02. The van der Waals surface area contributed by atoms with Crippen LogP contribution in [0.2, 0.25) is 0 Å². The van der Waals surface area contributed by atoms with Crippen LogP contribution >= 0.6 is 0 Å². The molecule has 1 aliphatic carbocycles. The van der Waals surface area contributed by atoms with E-state index < -0.39 is 0 Å². The number of carbonyl (C=O) groups excluding carboxylic acids is 1. The molecule has 1 amide bonds. The zero-order chi connectivity index (χ0) is 17.2. The molecule has 4 heteroatoms. The van der Waals surface area contributed by atoms with Crippen molar-refractivity contribution in [3.63, 3.8) is 0 Å². The van der Waals surface area contributed by atoms with E-state index in [-0.39, 0.29) is 17.6 Å². The van der Waals surface area contributed by atoms with Crippen molar-refractivity contribution in [2.45, 2.75) is 25.2 Å². The second kappa shape index (κ2) is 6.87. The summed E-state index contributed by atoms with van der Waals surface area (Å²) < 4.78 is 13.2. The molecule has 2 aliphatic rings. The molecule has 4 rings (SSSR count). The van der Waals surface area contributed by atoms with Gasteiger partial charge in [0, 0.05) is 25.3 Å². The predicted molar refractivity (Wildman–Crippen MR) is 97.2 cm³/mol. The summed E-state index contributed by atoms with van der Waals surface area (Å²) in [7, 11) is 0. The number of benzene rings is 2. The Morgan fingerprint density at radius 1 is 1.16 bits per heavy atom. The molecule has 1 atom stereocenters. The fraction of sp³-hybridized carbons (Fsp3) is 0.381. The minimum absolute atomic E-state index is 0.0709. The van der Waals surface area contributed by atoms with E-state index in [1.807, 2.05) is 0 Å². The lowest BCUT2D eigenvalue weighted by atomic mass is 9.93. The first-order valence-electron chi connectivity index (χ1n) is 9.08. The fourth-order valence-electron chi connectivity index (χ4n) is 3.80. The van der Waals surface area contributed by atoms with Crippen LogP contribution < -0.4 is 10.2 Å². The molecule has 2 aromatic carbocycles. The highest BCUT2D eigenvalue weighted by atomic mass is 19.1. The molecule has 0 spiro atoms. The number of anilines is 1. The van der Waals surface area contributed by atoms with Crippen LogP contribution in [0.1, 0.15) is 29.9 Å². The third-order valence-electron chi connectivity index (χ3n) is 5.27. The topological polar surface area (TPSA) is 32.3 Å². The van der Waals surface area contributed by atoms with Crippen LogP contribution in [0.15, 0.2) is 48.5 Å². The average molecular weight is 338 g/mol. The van der Waals surface area contributed by atoms with Crippen molar-refractivity contribution in [3.8, 4) is 0 Å². The molecule has 130 valence electrons. The van der Waals surface area contributed by atoms with Gasteiger partial charge in [-0.2, -0.15) is 0 Å². The molecule has 3 nitrogen and oxygen atoms in total. The molecule has 1 aliphatic heterocycles. The molecule has 1 N–H and O–H groups in total. The summed E-state index contributed by atoms with van der Waals surface area (Å²) in [5.41, 5.74) is 3.60. The van der Waals surface area contributed by atoms with E-state index in [1.54, 1.807) is 12.1 Å². The summed E-state index contributed by atoms with van der Waals surface area (Å²) in [6, 6.07) is 14.8. The minimum atomic E-state index is -0.258. The van der Waals surface area contributed by atoms with Gasteiger partial charge in [-0.05, 0) is 54.5 Å². The third-order valence-corrected chi connectivity index (χ3v) is 5.27. The van der Waals surface area contributed by atoms with Gasteiger partial charge in [0.1, 0.15) is 5.82 Å². The van der Waals surface area contributed by atoms with Crippen molar-refractivity contribution >= 4 is 11.6 Å². The van der Waals surface area contributed by atoms with Gasteiger partial charge in [-0.1, -0.05) is 30.3 Å². The van der Waals surface area contributed by atoms with Gasteiger partial charge in [0.25, 0.3) is 0 Å².